The predicted octanol–water partition coefficient (Wildman–Crippen LogP) is 2.20. The number of nitrogens with zero attached hydrogens (tertiary/aromatic N) is 1. The largest absolute Gasteiger partial charge is 0.480 e. The molecule has 0 aliphatic heterocycles. The van der Waals surface area contributed by atoms with Crippen molar-refractivity contribution in [3.63, 3.8) is 0 Å². The Morgan fingerprint density at radius 2 is 1.74 bits per heavy atom. The molecule has 154 valence electrons. The van der Waals surface area contributed by atoms with E-state index in [2.05, 4.69) is 5.32 Å². The van der Waals surface area contributed by atoms with Crippen LogP contribution in [0.4, 0.5) is 4.79 Å². The van der Waals surface area contributed by atoms with Crippen molar-refractivity contribution in [3.05, 3.63) is 0 Å². The molecule has 1 unspecified atom stereocenters. The maximum atomic E-state index is 11.8. The Morgan fingerprint density at radius 1 is 1.15 bits per heavy atom. The topological polar surface area (TPSA) is 129 Å². The molecule has 9 nitrogen and oxygen atoms in total. The number of carboxylic acid groups (broad SMARTS) is 1. The molecule has 1 aliphatic carbocycles. The van der Waals surface area contributed by atoms with Gasteiger partial charge in [-0.05, 0) is 18.8 Å². The Morgan fingerprint density at radius 3 is 2.30 bits per heavy atom. The van der Waals surface area contributed by atoms with Gasteiger partial charge in [0.1, 0.15) is 6.04 Å². The zero-order valence-electron chi connectivity index (χ0n) is 16.3. The first-order valence-corrected chi connectivity index (χ1v) is 9.38. The SMILES string of the molecule is CC(C)C(=O)OCCCOC(=O)NC(=N)N(C)C(C(=O)O)C1CCCCC1. The van der Waals surface area contributed by atoms with E-state index in [4.69, 9.17) is 14.9 Å². The van der Waals surface area contributed by atoms with E-state index in [-0.39, 0.29) is 37.0 Å². The number of nitrogens with one attached hydrogen (secondary N) is 2. The number of carbonyl (C=O) groups excluding carboxylic acids is 2. The molecule has 9 heteroatoms. The van der Waals surface area contributed by atoms with Gasteiger partial charge in [-0.2, -0.15) is 0 Å². The van der Waals surface area contributed by atoms with Gasteiger partial charge in [0.15, 0.2) is 0 Å². The third-order valence-electron chi connectivity index (χ3n) is 4.58. The maximum absolute atomic E-state index is 11.8. The van der Waals surface area contributed by atoms with Gasteiger partial charge in [-0.3, -0.25) is 15.5 Å². The van der Waals surface area contributed by atoms with E-state index in [0.29, 0.717) is 6.42 Å². The van der Waals surface area contributed by atoms with Gasteiger partial charge in [0, 0.05) is 13.5 Å². The van der Waals surface area contributed by atoms with Crippen molar-refractivity contribution in [1.82, 2.24) is 10.2 Å². The van der Waals surface area contributed by atoms with Crippen molar-refractivity contribution in [2.24, 2.45) is 11.8 Å². The molecule has 1 aliphatic rings. The zero-order chi connectivity index (χ0) is 20.4. The van der Waals surface area contributed by atoms with Gasteiger partial charge in [0.2, 0.25) is 5.96 Å². The van der Waals surface area contributed by atoms with Crippen molar-refractivity contribution in [2.75, 3.05) is 20.3 Å². The van der Waals surface area contributed by atoms with Crippen molar-refractivity contribution in [2.45, 2.75) is 58.4 Å². The second-order valence-electron chi connectivity index (χ2n) is 7.08. The average Bonchev–Trinajstić information content (AvgIpc) is 2.61. The van der Waals surface area contributed by atoms with E-state index < -0.39 is 18.1 Å². The van der Waals surface area contributed by atoms with Crippen LogP contribution in [0.1, 0.15) is 52.4 Å². The van der Waals surface area contributed by atoms with Crippen LogP contribution in [0, 0.1) is 17.2 Å². The van der Waals surface area contributed by atoms with Crippen LogP contribution in [0.15, 0.2) is 0 Å². The summed E-state index contributed by atoms with van der Waals surface area (Å²) in [4.78, 5) is 36.0. The molecule has 0 aromatic heterocycles. The highest BCUT2D eigenvalue weighted by atomic mass is 16.6. The van der Waals surface area contributed by atoms with Gasteiger partial charge in [-0.1, -0.05) is 33.1 Å². The summed E-state index contributed by atoms with van der Waals surface area (Å²) in [5.41, 5.74) is 0. The molecule has 3 N–H and O–H groups in total. The normalized spacial score (nSPS) is 15.7. The third kappa shape index (κ3) is 7.84. The Balaban J connectivity index is 2.38. The highest BCUT2D eigenvalue weighted by molar-refractivity contribution is 5.94. The molecule has 1 atom stereocenters. The number of ether oxygens (including phenoxy) is 2. The molecule has 1 fully saturated rings. The number of hydrogen-bond acceptors (Lipinski definition) is 6. The maximum Gasteiger partial charge on any atom is 0.413 e. The molecular formula is C18H31N3O6. The number of aliphatic carboxylic acids is 1. The Bertz CT molecular complexity index is 531. The summed E-state index contributed by atoms with van der Waals surface area (Å²) in [7, 11) is 1.49. The second-order valence-corrected chi connectivity index (χ2v) is 7.08. The minimum absolute atomic E-state index is 0.0270. The average molecular weight is 385 g/mol. The monoisotopic (exact) mass is 385 g/mol. The van der Waals surface area contributed by atoms with E-state index in [1.54, 1.807) is 13.8 Å². The smallest absolute Gasteiger partial charge is 0.413 e. The summed E-state index contributed by atoms with van der Waals surface area (Å²) in [6.07, 6.45) is 4.16. The quantitative estimate of drug-likeness (QED) is 0.253. The number of hydrogen-bond donors (Lipinski definition) is 3. The first-order valence-electron chi connectivity index (χ1n) is 9.38. The lowest BCUT2D eigenvalue weighted by atomic mass is 9.83. The van der Waals surface area contributed by atoms with Crippen LogP contribution in [0.5, 0.6) is 0 Å². The van der Waals surface area contributed by atoms with Gasteiger partial charge < -0.3 is 19.5 Å². The van der Waals surface area contributed by atoms with E-state index in [0.717, 1.165) is 32.1 Å². The fourth-order valence-corrected chi connectivity index (χ4v) is 3.06. The lowest BCUT2D eigenvalue weighted by Gasteiger charge is -2.34. The van der Waals surface area contributed by atoms with Crippen molar-refractivity contribution in [1.29, 1.82) is 5.41 Å². The minimum Gasteiger partial charge on any atom is -0.480 e. The highest BCUT2D eigenvalue weighted by Gasteiger charge is 2.34. The predicted molar refractivity (Wildman–Crippen MR) is 98.4 cm³/mol. The molecule has 0 bridgehead atoms. The Hall–Kier alpha value is -2.32. The number of guanidine groups is 1. The molecule has 0 saturated heterocycles. The van der Waals surface area contributed by atoms with Crippen LogP contribution in [-0.4, -0.2) is 60.3 Å². The summed E-state index contributed by atoms with van der Waals surface area (Å²) >= 11 is 0. The molecular weight excluding hydrogens is 354 g/mol. The highest BCUT2D eigenvalue weighted by Crippen LogP contribution is 2.28. The summed E-state index contributed by atoms with van der Waals surface area (Å²) < 4.78 is 9.90. The first kappa shape index (κ1) is 22.7. The summed E-state index contributed by atoms with van der Waals surface area (Å²) in [5.74, 6) is -1.89. The molecule has 1 saturated carbocycles. The number of alkyl carbamates (subject to hydrolysis) is 1. The van der Waals surface area contributed by atoms with Gasteiger partial charge >= 0.3 is 18.0 Å². The van der Waals surface area contributed by atoms with E-state index in [9.17, 15) is 19.5 Å². The molecule has 0 radical (unpaired) electrons. The van der Waals surface area contributed by atoms with Gasteiger partial charge in [-0.25, -0.2) is 9.59 Å². The lowest BCUT2D eigenvalue weighted by molar-refractivity contribution is -0.147. The lowest BCUT2D eigenvalue weighted by Crippen LogP contribution is -2.52. The van der Waals surface area contributed by atoms with Gasteiger partial charge in [0.25, 0.3) is 0 Å². The Labute approximate surface area is 159 Å². The zero-order valence-corrected chi connectivity index (χ0v) is 16.3. The van der Waals surface area contributed by atoms with Gasteiger partial charge in [0.05, 0.1) is 19.1 Å². The molecule has 1 amide bonds. The van der Waals surface area contributed by atoms with Crippen LogP contribution in [0.2, 0.25) is 0 Å². The van der Waals surface area contributed by atoms with E-state index >= 15 is 0 Å². The molecule has 0 spiro atoms. The fraction of sp³-hybridized carbons (Fsp3) is 0.778. The number of carbonyl (C=O) groups is 3. The number of likely N-dealkylation sites (N-methyl/N-ethyl adjacent to an activating group) is 1. The van der Waals surface area contributed by atoms with Gasteiger partial charge in [-0.15, -0.1) is 0 Å². The number of carboxylic acids is 1. The molecule has 27 heavy (non-hydrogen) atoms. The van der Waals surface area contributed by atoms with Crippen LogP contribution in [0.3, 0.4) is 0 Å². The van der Waals surface area contributed by atoms with E-state index in [1.165, 1.54) is 11.9 Å². The minimum atomic E-state index is -1.00. The number of esters is 1. The molecule has 1 rings (SSSR count). The van der Waals surface area contributed by atoms with Crippen molar-refractivity contribution >= 4 is 24.0 Å². The second kappa shape index (κ2) is 11.4. The number of rotatable bonds is 8. The standard InChI is InChI=1S/C18H31N3O6/c1-12(2)16(24)26-10-7-11-27-18(25)20-17(19)21(3)14(15(22)23)13-8-5-4-6-9-13/h12-14H,4-11H2,1-3H3,(H,22,23)(H2,19,20,25). The van der Waals surface area contributed by atoms with Crippen LogP contribution >= 0.6 is 0 Å². The first-order chi connectivity index (χ1) is 12.7. The Kier molecular flexibility index (Phi) is 9.60. The molecule has 0 heterocycles. The van der Waals surface area contributed by atoms with Crippen molar-refractivity contribution in [3.8, 4) is 0 Å². The van der Waals surface area contributed by atoms with Crippen LogP contribution in [-0.2, 0) is 19.1 Å². The third-order valence-corrected chi connectivity index (χ3v) is 4.58. The summed E-state index contributed by atoms with van der Waals surface area (Å²) in [6.45, 7) is 3.63. The summed E-state index contributed by atoms with van der Waals surface area (Å²) in [6, 6.07) is -0.853. The fourth-order valence-electron chi connectivity index (χ4n) is 3.06. The van der Waals surface area contributed by atoms with Crippen LogP contribution in [0.25, 0.3) is 0 Å². The van der Waals surface area contributed by atoms with Crippen molar-refractivity contribution < 1.29 is 29.0 Å². The molecule has 0 aromatic rings. The summed E-state index contributed by atoms with van der Waals surface area (Å²) in [5, 5.41) is 19.8. The molecule has 0 aromatic carbocycles. The van der Waals surface area contributed by atoms with Crippen LogP contribution < -0.4 is 5.32 Å². The van der Waals surface area contributed by atoms with E-state index in [1.807, 2.05) is 0 Å². The number of amides is 1.